The summed E-state index contributed by atoms with van der Waals surface area (Å²) in [5, 5.41) is 1.41. The van der Waals surface area contributed by atoms with Crippen LogP contribution in [-0.4, -0.2) is 17.4 Å². The van der Waals surface area contributed by atoms with Crippen molar-refractivity contribution in [3.05, 3.63) is 59.7 Å². The van der Waals surface area contributed by atoms with Crippen molar-refractivity contribution in [2.45, 2.75) is 20.3 Å². The van der Waals surface area contributed by atoms with Gasteiger partial charge in [-0.3, -0.25) is 0 Å². The van der Waals surface area contributed by atoms with Gasteiger partial charge in [0.1, 0.15) is 5.75 Å². The summed E-state index contributed by atoms with van der Waals surface area (Å²) in [4.78, 5) is 0. The Bertz CT molecular complexity index is 663. The summed E-state index contributed by atoms with van der Waals surface area (Å²) in [5.41, 5.74) is 3.68. The van der Waals surface area contributed by atoms with Crippen molar-refractivity contribution in [2.75, 3.05) is 7.11 Å². The number of hydrogen-bond donors (Lipinski definition) is 0. The predicted octanol–water partition coefficient (Wildman–Crippen LogP) is 2.82. The Morgan fingerprint density at radius 3 is 2.43 bits per heavy atom. The summed E-state index contributed by atoms with van der Waals surface area (Å²) < 4.78 is 11.5. The Hall–Kier alpha value is -2.00. The molecule has 2 aromatic rings. The first-order valence-electron chi connectivity index (χ1n) is 7.09. The number of hydrogen-bond acceptors (Lipinski definition) is 2. The average Bonchev–Trinajstić information content (AvgIpc) is 2.49. The molecule has 0 aliphatic carbocycles. The summed E-state index contributed by atoms with van der Waals surface area (Å²) in [6.45, 7) is 8.01. The van der Waals surface area contributed by atoms with Crippen molar-refractivity contribution in [1.29, 1.82) is 0 Å². The zero-order valence-corrected chi connectivity index (χ0v) is 15.2. The molecular formula is C18H22O2Si. The van der Waals surface area contributed by atoms with Crippen LogP contribution in [0.25, 0.3) is 0 Å². The smallest absolute Gasteiger partial charge is 0.169 e. The fourth-order valence-corrected chi connectivity index (χ4v) is 2.79. The summed E-state index contributed by atoms with van der Waals surface area (Å²) in [5.74, 6) is 2.39. The molecule has 0 aromatic heterocycles. The molecule has 0 bridgehead atoms. The molecule has 2 rings (SSSR count). The molecule has 2 nitrogen and oxygen atoms in total. The molecular weight excluding hydrogens is 276 g/mol. The average molecular weight is 298 g/mol. The van der Waals surface area contributed by atoms with Crippen LogP contribution in [0.15, 0.2) is 43.0 Å². The first-order valence-corrected chi connectivity index (χ1v) is 8.09. The van der Waals surface area contributed by atoms with Crippen LogP contribution in [0.1, 0.15) is 16.7 Å². The largest absolute Gasteiger partial charge is 0.493 e. The molecule has 0 radical (unpaired) electrons. The lowest BCUT2D eigenvalue weighted by molar-refractivity contribution is 0.377. The molecule has 3 heteroatoms. The van der Waals surface area contributed by atoms with Crippen LogP contribution < -0.4 is 14.7 Å². The van der Waals surface area contributed by atoms with Gasteiger partial charge in [0.15, 0.2) is 11.5 Å². The zero-order chi connectivity index (χ0) is 15.4. The molecule has 0 saturated carbocycles. The van der Waals surface area contributed by atoms with E-state index in [9.17, 15) is 0 Å². The minimum absolute atomic E-state index is 0.744. The van der Waals surface area contributed by atoms with Gasteiger partial charge in [-0.2, -0.15) is 0 Å². The quantitative estimate of drug-likeness (QED) is 0.624. The first kappa shape index (κ1) is 15.4. The summed E-state index contributed by atoms with van der Waals surface area (Å²) in [6.07, 6.45) is 2.70. The lowest BCUT2D eigenvalue weighted by Gasteiger charge is -2.15. The highest BCUT2D eigenvalue weighted by atomic mass is 28.1. The molecule has 21 heavy (non-hydrogen) atoms. The Balaban J connectivity index is 2.35. The van der Waals surface area contributed by atoms with Gasteiger partial charge in [0.05, 0.1) is 7.11 Å². The SMILES string of the molecule is C=CCc1ccc(Oc2ccc([SiH3])c(C)c2C)c(OC)c1. The third-order valence-electron chi connectivity index (χ3n) is 3.84. The van der Waals surface area contributed by atoms with Gasteiger partial charge in [0.25, 0.3) is 0 Å². The summed E-state index contributed by atoms with van der Waals surface area (Å²) >= 11 is 0. The van der Waals surface area contributed by atoms with Gasteiger partial charge in [0, 0.05) is 10.2 Å². The van der Waals surface area contributed by atoms with Gasteiger partial charge in [-0.25, -0.2) is 0 Å². The lowest BCUT2D eigenvalue weighted by Crippen LogP contribution is -2.09. The van der Waals surface area contributed by atoms with E-state index >= 15 is 0 Å². The van der Waals surface area contributed by atoms with E-state index in [4.69, 9.17) is 9.47 Å². The van der Waals surface area contributed by atoms with Gasteiger partial charge in [-0.1, -0.05) is 23.4 Å². The third-order valence-corrected chi connectivity index (χ3v) is 4.92. The van der Waals surface area contributed by atoms with E-state index in [0.717, 1.165) is 39.5 Å². The van der Waals surface area contributed by atoms with Gasteiger partial charge in [0.2, 0.25) is 0 Å². The molecule has 0 N–H and O–H groups in total. The number of allylic oxidation sites excluding steroid dienone is 1. The fraction of sp³-hybridized carbons (Fsp3) is 0.222. The molecule has 0 saturated heterocycles. The standard InChI is InChI=1S/C18H22O2Si/c1-5-6-14-7-8-16(17(11-14)19-4)20-15-9-10-18(21)13(3)12(15)2/h5,7-11H,1,6H2,2-4,21H3. The van der Waals surface area contributed by atoms with E-state index in [1.807, 2.05) is 30.3 Å². The molecule has 110 valence electrons. The van der Waals surface area contributed by atoms with Crippen LogP contribution in [0.4, 0.5) is 0 Å². The van der Waals surface area contributed by atoms with Crippen LogP contribution in [0, 0.1) is 13.8 Å². The second-order valence-corrected chi connectivity index (χ2v) is 6.29. The molecule has 0 amide bonds. The minimum atomic E-state index is 0.744. The predicted molar refractivity (Wildman–Crippen MR) is 92.5 cm³/mol. The molecule has 0 aliphatic heterocycles. The van der Waals surface area contributed by atoms with Crippen molar-refractivity contribution in [3.8, 4) is 17.2 Å². The lowest BCUT2D eigenvalue weighted by atomic mass is 10.1. The van der Waals surface area contributed by atoms with E-state index in [2.05, 4.69) is 26.5 Å². The normalized spacial score (nSPS) is 10.4. The monoisotopic (exact) mass is 298 g/mol. The Kier molecular flexibility index (Phi) is 4.86. The van der Waals surface area contributed by atoms with Gasteiger partial charge in [-0.05, 0) is 55.2 Å². The Morgan fingerprint density at radius 1 is 1.05 bits per heavy atom. The second kappa shape index (κ2) is 6.63. The highest BCUT2D eigenvalue weighted by molar-refractivity contribution is 6.33. The molecule has 2 aromatic carbocycles. The number of rotatable bonds is 5. The van der Waals surface area contributed by atoms with E-state index in [-0.39, 0.29) is 0 Å². The maximum absolute atomic E-state index is 6.06. The van der Waals surface area contributed by atoms with Crippen LogP contribution in [0.3, 0.4) is 0 Å². The second-order valence-electron chi connectivity index (χ2n) is 5.21. The topological polar surface area (TPSA) is 18.5 Å². The van der Waals surface area contributed by atoms with Crippen LogP contribution in [-0.2, 0) is 6.42 Å². The van der Waals surface area contributed by atoms with Gasteiger partial charge >= 0.3 is 0 Å². The third kappa shape index (κ3) is 3.36. The summed E-state index contributed by atoms with van der Waals surface area (Å²) in [7, 11) is 2.72. The highest BCUT2D eigenvalue weighted by Gasteiger charge is 2.10. The molecule has 0 heterocycles. The zero-order valence-electron chi connectivity index (χ0n) is 13.2. The molecule has 0 spiro atoms. The van der Waals surface area contributed by atoms with Gasteiger partial charge in [-0.15, -0.1) is 6.58 Å². The summed E-state index contributed by atoms with van der Waals surface area (Å²) in [6, 6.07) is 10.2. The van der Waals surface area contributed by atoms with Crippen LogP contribution in [0.5, 0.6) is 17.2 Å². The fourth-order valence-electron chi connectivity index (χ4n) is 2.25. The number of ether oxygens (including phenoxy) is 2. The number of methoxy groups -OCH3 is 1. The number of benzene rings is 2. The Labute approximate surface area is 129 Å². The van der Waals surface area contributed by atoms with E-state index in [1.165, 1.54) is 16.3 Å². The van der Waals surface area contributed by atoms with Gasteiger partial charge < -0.3 is 9.47 Å². The van der Waals surface area contributed by atoms with Crippen molar-refractivity contribution in [2.24, 2.45) is 0 Å². The van der Waals surface area contributed by atoms with Crippen molar-refractivity contribution < 1.29 is 9.47 Å². The van der Waals surface area contributed by atoms with Crippen molar-refractivity contribution in [1.82, 2.24) is 0 Å². The molecule has 0 fully saturated rings. The molecule has 0 aliphatic rings. The molecule has 0 unspecified atom stereocenters. The first-order chi connectivity index (χ1) is 10.1. The van der Waals surface area contributed by atoms with Crippen LogP contribution in [0.2, 0.25) is 0 Å². The van der Waals surface area contributed by atoms with E-state index in [0.29, 0.717) is 0 Å². The molecule has 0 atom stereocenters. The highest BCUT2D eigenvalue weighted by Crippen LogP contribution is 2.34. The maximum atomic E-state index is 6.06. The minimum Gasteiger partial charge on any atom is -0.493 e. The van der Waals surface area contributed by atoms with E-state index < -0.39 is 0 Å². The van der Waals surface area contributed by atoms with Crippen molar-refractivity contribution >= 4 is 15.4 Å². The van der Waals surface area contributed by atoms with E-state index in [1.54, 1.807) is 7.11 Å². The Morgan fingerprint density at radius 2 is 1.76 bits per heavy atom. The van der Waals surface area contributed by atoms with Crippen molar-refractivity contribution in [3.63, 3.8) is 0 Å². The maximum Gasteiger partial charge on any atom is 0.169 e. The van der Waals surface area contributed by atoms with Crippen LogP contribution >= 0.6 is 0 Å².